The summed E-state index contributed by atoms with van der Waals surface area (Å²) in [6.07, 6.45) is 4.95. The predicted molar refractivity (Wildman–Crippen MR) is 79.1 cm³/mol. The maximum Gasteiger partial charge on any atom is 0.344 e. The van der Waals surface area contributed by atoms with Gasteiger partial charge in [-0.1, -0.05) is 19.8 Å². The van der Waals surface area contributed by atoms with Gasteiger partial charge in [-0.15, -0.1) is 11.8 Å². The van der Waals surface area contributed by atoms with Gasteiger partial charge in [-0.25, -0.2) is 4.79 Å². The van der Waals surface area contributed by atoms with Crippen LogP contribution in [0.15, 0.2) is 5.03 Å². The van der Waals surface area contributed by atoms with E-state index in [1.165, 1.54) is 11.8 Å². The van der Waals surface area contributed by atoms with Crippen molar-refractivity contribution in [3.8, 4) is 0 Å². The predicted octanol–water partition coefficient (Wildman–Crippen LogP) is 2.58. The Hall–Kier alpha value is -1.50. The highest BCUT2D eigenvalue weighted by Crippen LogP contribution is 2.26. The number of rotatable bonds is 7. The third-order valence-electron chi connectivity index (χ3n) is 2.79. The largest absolute Gasteiger partial charge is 0.462 e. The standard InChI is InChI=1S/C13H21N3O3S/c1-4-6-7-8-9(17)16-11(14)10(12(15-16)20-3)13(18)19-5-2/h4-8,14H2,1-3H3. The second-order valence-corrected chi connectivity index (χ2v) is 5.05. The second-order valence-electron chi connectivity index (χ2n) is 4.25. The van der Waals surface area contributed by atoms with Gasteiger partial charge in [0, 0.05) is 6.42 Å². The summed E-state index contributed by atoms with van der Waals surface area (Å²) in [5.74, 6) is -0.668. The molecule has 1 rings (SSSR count). The Morgan fingerprint density at radius 2 is 2.05 bits per heavy atom. The molecule has 0 unspecified atom stereocenters. The number of aromatic nitrogens is 2. The van der Waals surface area contributed by atoms with Gasteiger partial charge in [0.1, 0.15) is 16.4 Å². The van der Waals surface area contributed by atoms with Crippen molar-refractivity contribution < 1.29 is 14.3 Å². The van der Waals surface area contributed by atoms with Crippen molar-refractivity contribution in [1.29, 1.82) is 0 Å². The van der Waals surface area contributed by atoms with Crippen LogP contribution in [0.2, 0.25) is 0 Å². The zero-order chi connectivity index (χ0) is 15.1. The first-order chi connectivity index (χ1) is 9.56. The average Bonchev–Trinajstić information content (AvgIpc) is 2.76. The number of anilines is 1. The Kier molecular flexibility index (Phi) is 6.57. The third-order valence-corrected chi connectivity index (χ3v) is 3.46. The first-order valence-corrected chi connectivity index (χ1v) is 7.92. The Bertz CT molecular complexity index is 485. The Balaban J connectivity index is 2.99. The molecule has 1 aromatic heterocycles. The molecule has 1 aromatic rings. The van der Waals surface area contributed by atoms with E-state index in [1.807, 2.05) is 0 Å². The minimum Gasteiger partial charge on any atom is -0.462 e. The molecule has 0 saturated carbocycles. The molecule has 0 aromatic carbocycles. The van der Waals surface area contributed by atoms with Crippen molar-refractivity contribution in [1.82, 2.24) is 9.78 Å². The van der Waals surface area contributed by atoms with Crippen molar-refractivity contribution in [2.75, 3.05) is 18.6 Å². The number of carbonyl (C=O) groups is 2. The number of hydrogen-bond acceptors (Lipinski definition) is 6. The first kappa shape index (κ1) is 16.6. The quantitative estimate of drug-likeness (QED) is 0.473. The van der Waals surface area contributed by atoms with Crippen LogP contribution in [-0.2, 0) is 4.74 Å². The van der Waals surface area contributed by atoms with E-state index in [0.717, 1.165) is 23.9 Å². The topological polar surface area (TPSA) is 87.2 Å². The Morgan fingerprint density at radius 1 is 1.35 bits per heavy atom. The third kappa shape index (κ3) is 3.75. The van der Waals surface area contributed by atoms with E-state index in [1.54, 1.807) is 13.2 Å². The normalized spacial score (nSPS) is 10.6. The van der Waals surface area contributed by atoms with Gasteiger partial charge in [-0.05, 0) is 19.6 Å². The molecular formula is C13H21N3O3S. The molecule has 112 valence electrons. The van der Waals surface area contributed by atoms with Crippen LogP contribution in [0.3, 0.4) is 0 Å². The molecular weight excluding hydrogens is 278 g/mol. The maximum absolute atomic E-state index is 12.1. The molecule has 0 radical (unpaired) electrons. The molecule has 0 fully saturated rings. The van der Waals surface area contributed by atoms with Gasteiger partial charge in [0.05, 0.1) is 6.61 Å². The highest BCUT2D eigenvalue weighted by molar-refractivity contribution is 7.98. The van der Waals surface area contributed by atoms with E-state index in [2.05, 4.69) is 12.0 Å². The first-order valence-electron chi connectivity index (χ1n) is 6.69. The van der Waals surface area contributed by atoms with Gasteiger partial charge in [-0.3, -0.25) is 4.79 Å². The summed E-state index contributed by atoms with van der Waals surface area (Å²) in [7, 11) is 0. The summed E-state index contributed by atoms with van der Waals surface area (Å²) in [6, 6.07) is 0. The lowest BCUT2D eigenvalue weighted by molar-refractivity contribution is 0.0523. The summed E-state index contributed by atoms with van der Waals surface area (Å²) in [5.41, 5.74) is 6.07. The molecule has 20 heavy (non-hydrogen) atoms. The molecule has 0 saturated heterocycles. The lowest BCUT2D eigenvalue weighted by Gasteiger charge is -2.03. The smallest absolute Gasteiger partial charge is 0.344 e. The van der Waals surface area contributed by atoms with Gasteiger partial charge in [0.25, 0.3) is 0 Å². The van der Waals surface area contributed by atoms with E-state index in [4.69, 9.17) is 10.5 Å². The molecule has 0 bridgehead atoms. The maximum atomic E-state index is 12.1. The van der Waals surface area contributed by atoms with E-state index in [9.17, 15) is 9.59 Å². The van der Waals surface area contributed by atoms with Crippen LogP contribution in [0.5, 0.6) is 0 Å². The van der Waals surface area contributed by atoms with Crippen LogP contribution < -0.4 is 5.73 Å². The van der Waals surface area contributed by atoms with E-state index < -0.39 is 5.97 Å². The zero-order valence-electron chi connectivity index (χ0n) is 12.1. The fourth-order valence-electron chi connectivity index (χ4n) is 1.77. The van der Waals surface area contributed by atoms with Crippen LogP contribution >= 0.6 is 11.8 Å². The minimum atomic E-state index is -0.540. The molecule has 0 aliphatic rings. The van der Waals surface area contributed by atoms with Gasteiger partial charge in [0.2, 0.25) is 5.91 Å². The number of carbonyl (C=O) groups excluding carboxylic acids is 2. The van der Waals surface area contributed by atoms with Gasteiger partial charge >= 0.3 is 5.97 Å². The molecule has 6 nitrogen and oxygen atoms in total. The summed E-state index contributed by atoms with van der Waals surface area (Å²) in [6.45, 7) is 4.03. The summed E-state index contributed by atoms with van der Waals surface area (Å²) in [4.78, 5) is 23.9. The van der Waals surface area contributed by atoms with Gasteiger partial charge in [-0.2, -0.15) is 9.78 Å². The summed E-state index contributed by atoms with van der Waals surface area (Å²) >= 11 is 1.27. The SMILES string of the molecule is CCCCCC(=O)n1nc(SC)c(C(=O)OCC)c1N. The summed E-state index contributed by atoms with van der Waals surface area (Å²) < 4.78 is 6.06. The van der Waals surface area contributed by atoms with Crippen molar-refractivity contribution in [2.24, 2.45) is 0 Å². The molecule has 0 aliphatic carbocycles. The van der Waals surface area contributed by atoms with Crippen LogP contribution in [0, 0.1) is 0 Å². The molecule has 0 spiro atoms. The number of esters is 1. The van der Waals surface area contributed by atoms with Crippen LogP contribution in [0.4, 0.5) is 5.82 Å². The number of nitrogens with zero attached hydrogens (tertiary/aromatic N) is 2. The molecule has 0 aliphatic heterocycles. The highest BCUT2D eigenvalue weighted by atomic mass is 32.2. The van der Waals surface area contributed by atoms with Gasteiger partial charge < -0.3 is 10.5 Å². The second kappa shape index (κ2) is 7.94. The number of ether oxygens (including phenoxy) is 1. The van der Waals surface area contributed by atoms with Crippen LogP contribution in [0.25, 0.3) is 0 Å². The van der Waals surface area contributed by atoms with Crippen LogP contribution in [0.1, 0.15) is 54.7 Å². The fourth-order valence-corrected chi connectivity index (χ4v) is 2.33. The van der Waals surface area contributed by atoms with E-state index in [0.29, 0.717) is 11.4 Å². The molecule has 0 atom stereocenters. The molecule has 1 heterocycles. The van der Waals surface area contributed by atoms with Crippen molar-refractivity contribution in [3.05, 3.63) is 5.56 Å². The summed E-state index contributed by atoms with van der Waals surface area (Å²) in [5, 5.41) is 4.54. The monoisotopic (exact) mass is 299 g/mol. The number of nitrogen functional groups attached to an aromatic ring is 1. The van der Waals surface area contributed by atoms with Crippen molar-refractivity contribution in [3.63, 3.8) is 0 Å². The molecule has 0 amide bonds. The molecule has 2 N–H and O–H groups in total. The van der Waals surface area contributed by atoms with Crippen molar-refractivity contribution >= 4 is 29.5 Å². The average molecular weight is 299 g/mol. The lowest BCUT2D eigenvalue weighted by atomic mass is 10.2. The number of unbranched alkanes of at least 4 members (excludes halogenated alkanes) is 2. The minimum absolute atomic E-state index is 0.0642. The lowest BCUT2D eigenvalue weighted by Crippen LogP contribution is -2.16. The van der Waals surface area contributed by atoms with Gasteiger partial charge in [0.15, 0.2) is 0 Å². The van der Waals surface area contributed by atoms with E-state index in [-0.39, 0.29) is 23.9 Å². The Labute approximate surface area is 123 Å². The number of hydrogen-bond donors (Lipinski definition) is 1. The number of nitrogens with two attached hydrogens (primary N) is 1. The zero-order valence-corrected chi connectivity index (χ0v) is 13.0. The highest BCUT2D eigenvalue weighted by Gasteiger charge is 2.25. The van der Waals surface area contributed by atoms with Crippen LogP contribution in [-0.4, -0.2) is 34.5 Å². The van der Waals surface area contributed by atoms with E-state index >= 15 is 0 Å². The van der Waals surface area contributed by atoms with Crippen molar-refractivity contribution in [2.45, 2.75) is 44.6 Å². The number of thioether (sulfide) groups is 1. The fraction of sp³-hybridized carbons (Fsp3) is 0.615. The Morgan fingerprint density at radius 3 is 2.60 bits per heavy atom. The molecule has 7 heteroatoms.